The van der Waals surface area contributed by atoms with Gasteiger partial charge in [-0.05, 0) is 6.08 Å². The molecular formula is C8H8NO+. The summed E-state index contributed by atoms with van der Waals surface area (Å²) in [7, 11) is 0. The molecule has 0 aromatic rings. The van der Waals surface area contributed by atoms with Gasteiger partial charge in [-0.2, -0.15) is 4.99 Å². The van der Waals surface area contributed by atoms with Crippen molar-refractivity contribution in [3.8, 4) is 0 Å². The first-order valence-electron chi connectivity index (χ1n) is 3.30. The fourth-order valence-corrected chi connectivity index (χ4v) is 1.11. The molecule has 0 bridgehead atoms. The predicted octanol–water partition coefficient (Wildman–Crippen LogP) is 1.02. The van der Waals surface area contributed by atoms with E-state index in [1.165, 1.54) is 0 Å². The van der Waals surface area contributed by atoms with Crippen LogP contribution in [0.1, 0.15) is 6.92 Å². The lowest BCUT2D eigenvalue weighted by molar-refractivity contribution is -0.465. The third-order valence-corrected chi connectivity index (χ3v) is 1.54. The molecule has 0 amide bonds. The van der Waals surface area contributed by atoms with E-state index < -0.39 is 0 Å². The van der Waals surface area contributed by atoms with Crippen LogP contribution in [-0.4, -0.2) is 17.7 Å². The van der Waals surface area contributed by atoms with Gasteiger partial charge in [-0.3, -0.25) is 0 Å². The van der Waals surface area contributed by atoms with Crippen molar-refractivity contribution in [3.05, 3.63) is 24.3 Å². The van der Waals surface area contributed by atoms with Gasteiger partial charge < -0.3 is 0 Å². The van der Waals surface area contributed by atoms with E-state index >= 15 is 0 Å². The Labute approximate surface area is 59.3 Å². The minimum atomic E-state index is 0.0880. The summed E-state index contributed by atoms with van der Waals surface area (Å²) >= 11 is 0. The molecule has 2 aliphatic rings. The summed E-state index contributed by atoms with van der Waals surface area (Å²) in [5.41, 5.74) is 1.01. The van der Waals surface area contributed by atoms with Gasteiger partial charge >= 0.3 is 12.0 Å². The van der Waals surface area contributed by atoms with Crippen molar-refractivity contribution in [2.45, 2.75) is 13.0 Å². The van der Waals surface area contributed by atoms with Gasteiger partial charge in [0.2, 0.25) is 0 Å². The number of nitrogens with zero attached hydrogens (tertiary/aromatic N) is 1. The number of hydrogen-bond acceptors (Lipinski definition) is 1. The number of rotatable bonds is 0. The number of fused-ring (bicyclic) bond motifs is 1. The SMILES string of the molecule is CC1=[O+]C2C=CC=CC2=N1. The van der Waals surface area contributed by atoms with Gasteiger partial charge in [0.25, 0.3) is 0 Å². The summed E-state index contributed by atoms with van der Waals surface area (Å²) in [6.07, 6.45) is 8.00. The van der Waals surface area contributed by atoms with Gasteiger partial charge in [0.1, 0.15) is 0 Å². The zero-order chi connectivity index (χ0) is 6.97. The lowest BCUT2D eigenvalue weighted by Gasteiger charge is -1.93. The van der Waals surface area contributed by atoms with Crippen molar-refractivity contribution in [1.82, 2.24) is 0 Å². The average molecular weight is 134 g/mol. The van der Waals surface area contributed by atoms with E-state index in [1.54, 1.807) is 0 Å². The Hall–Kier alpha value is -1.18. The van der Waals surface area contributed by atoms with Crippen LogP contribution in [0.15, 0.2) is 29.3 Å². The van der Waals surface area contributed by atoms with Gasteiger partial charge in [-0.1, -0.05) is 12.2 Å². The van der Waals surface area contributed by atoms with Gasteiger partial charge in [0.05, 0.1) is 6.92 Å². The molecule has 2 heteroatoms. The first-order chi connectivity index (χ1) is 4.86. The standard InChI is InChI=1S/C8H8NO/c1-6-9-7-4-2-3-5-8(7)10-6/h2-5,8H,1H3/q+1. The molecule has 1 unspecified atom stereocenters. The lowest BCUT2D eigenvalue weighted by atomic mass is 10.1. The molecule has 1 aliphatic heterocycles. The quantitative estimate of drug-likeness (QED) is 0.442. The maximum absolute atomic E-state index is 5.34. The van der Waals surface area contributed by atoms with Crippen LogP contribution in [0.4, 0.5) is 0 Å². The van der Waals surface area contributed by atoms with Crippen molar-refractivity contribution in [2.75, 3.05) is 0 Å². The zero-order valence-electron chi connectivity index (χ0n) is 5.74. The van der Waals surface area contributed by atoms with Crippen LogP contribution in [0.25, 0.3) is 0 Å². The average Bonchev–Trinajstić information content (AvgIpc) is 2.27. The monoisotopic (exact) mass is 134 g/mol. The van der Waals surface area contributed by atoms with Crippen molar-refractivity contribution >= 4 is 11.6 Å². The van der Waals surface area contributed by atoms with E-state index in [9.17, 15) is 0 Å². The third-order valence-electron chi connectivity index (χ3n) is 1.54. The number of allylic oxidation sites excluding steroid dienone is 2. The summed E-state index contributed by atoms with van der Waals surface area (Å²) in [6.45, 7) is 1.87. The molecule has 0 saturated heterocycles. The van der Waals surface area contributed by atoms with Crippen LogP contribution < -0.4 is 0 Å². The van der Waals surface area contributed by atoms with Crippen molar-refractivity contribution in [3.63, 3.8) is 0 Å². The van der Waals surface area contributed by atoms with Crippen LogP contribution in [0.3, 0.4) is 0 Å². The van der Waals surface area contributed by atoms with Crippen LogP contribution in [0.2, 0.25) is 0 Å². The van der Waals surface area contributed by atoms with Crippen LogP contribution in [-0.2, 0) is 4.42 Å². The van der Waals surface area contributed by atoms with E-state index in [2.05, 4.69) is 4.99 Å². The van der Waals surface area contributed by atoms with Crippen LogP contribution in [0.5, 0.6) is 0 Å². The number of amides is 1. The largest absolute Gasteiger partial charge is 0.417 e. The Bertz CT molecular complexity index is 271. The summed E-state index contributed by atoms with van der Waals surface area (Å²) in [5, 5.41) is 0. The molecule has 2 nitrogen and oxygen atoms in total. The molecule has 1 aliphatic carbocycles. The summed E-state index contributed by atoms with van der Waals surface area (Å²) in [4.78, 5) is 4.18. The summed E-state index contributed by atoms with van der Waals surface area (Å²) < 4.78 is 5.34. The lowest BCUT2D eigenvalue weighted by Crippen LogP contribution is -2.14. The highest BCUT2D eigenvalue weighted by atomic mass is 16.4. The highest BCUT2D eigenvalue weighted by molar-refractivity contribution is 6.08. The summed E-state index contributed by atoms with van der Waals surface area (Å²) in [6, 6.07) is 0. The molecule has 0 aromatic carbocycles. The van der Waals surface area contributed by atoms with E-state index in [-0.39, 0.29) is 6.10 Å². The Morgan fingerprint density at radius 1 is 1.50 bits per heavy atom. The second-order valence-corrected chi connectivity index (χ2v) is 2.34. The van der Waals surface area contributed by atoms with Crippen molar-refractivity contribution < 1.29 is 4.42 Å². The van der Waals surface area contributed by atoms with Crippen molar-refractivity contribution in [1.29, 1.82) is 0 Å². The maximum Gasteiger partial charge on any atom is 0.417 e. The number of aliphatic imine (C=N–C) groups is 1. The molecule has 50 valence electrons. The second kappa shape index (κ2) is 1.90. The number of carbonyl (C=O) groups excluding carboxylic acids is 1. The molecule has 0 spiro atoms. The molecule has 0 saturated carbocycles. The Morgan fingerprint density at radius 3 is 3.20 bits per heavy atom. The Morgan fingerprint density at radius 2 is 2.40 bits per heavy atom. The molecule has 0 aromatic heterocycles. The first kappa shape index (κ1) is 5.59. The van der Waals surface area contributed by atoms with Gasteiger partial charge in [0.15, 0.2) is 5.71 Å². The maximum atomic E-state index is 5.34. The third kappa shape index (κ3) is 0.727. The minimum Gasteiger partial charge on any atom is -0.226 e. The van der Waals surface area contributed by atoms with E-state index in [0.29, 0.717) is 0 Å². The van der Waals surface area contributed by atoms with E-state index in [0.717, 1.165) is 11.6 Å². The van der Waals surface area contributed by atoms with Crippen LogP contribution in [0, 0.1) is 0 Å². The molecule has 0 fully saturated rings. The van der Waals surface area contributed by atoms with Crippen LogP contribution >= 0.6 is 0 Å². The fraction of sp³-hybridized carbons (Fsp3) is 0.250. The second-order valence-electron chi connectivity index (χ2n) is 2.34. The topological polar surface area (TPSA) is 23.7 Å². The Balaban J connectivity index is 2.40. The van der Waals surface area contributed by atoms with Gasteiger partial charge in [-0.25, -0.2) is 4.42 Å². The van der Waals surface area contributed by atoms with Gasteiger partial charge in [-0.15, -0.1) is 0 Å². The molecule has 2 rings (SSSR count). The molecule has 1 atom stereocenters. The smallest absolute Gasteiger partial charge is 0.226 e. The first-order valence-corrected chi connectivity index (χ1v) is 3.30. The molecular weight excluding hydrogens is 126 g/mol. The molecule has 0 N–H and O–H groups in total. The minimum absolute atomic E-state index is 0.0880. The number of hydrogen-bond donors (Lipinski definition) is 0. The molecule has 0 radical (unpaired) electrons. The highest BCUT2D eigenvalue weighted by Crippen LogP contribution is 2.08. The molecule has 1 heterocycles. The van der Waals surface area contributed by atoms with E-state index in [1.807, 2.05) is 31.2 Å². The normalized spacial score (nSPS) is 27.9. The zero-order valence-corrected chi connectivity index (χ0v) is 5.74. The summed E-state index contributed by atoms with van der Waals surface area (Å²) in [5.74, 6) is 0.760. The molecule has 10 heavy (non-hydrogen) atoms. The van der Waals surface area contributed by atoms with Crippen molar-refractivity contribution in [2.24, 2.45) is 4.99 Å². The fourth-order valence-electron chi connectivity index (χ4n) is 1.11. The predicted molar refractivity (Wildman–Crippen MR) is 40.2 cm³/mol. The van der Waals surface area contributed by atoms with Gasteiger partial charge in [0, 0.05) is 6.08 Å². The van der Waals surface area contributed by atoms with E-state index in [4.69, 9.17) is 4.42 Å². The Kier molecular flexibility index (Phi) is 1.07. The highest BCUT2D eigenvalue weighted by Gasteiger charge is 2.29.